The van der Waals surface area contributed by atoms with Crippen molar-refractivity contribution in [2.45, 2.75) is 19.3 Å². The molecule has 0 aromatic heterocycles. The number of carbonyl (C=O) groups is 1. The maximum absolute atomic E-state index is 12.3. The van der Waals surface area contributed by atoms with Crippen LogP contribution in [0.15, 0.2) is 30.4 Å². The zero-order valence-corrected chi connectivity index (χ0v) is 12.3. The highest BCUT2D eigenvalue weighted by molar-refractivity contribution is 5.93. The van der Waals surface area contributed by atoms with Crippen LogP contribution in [0.5, 0.6) is 11.5 Å². The largest absolute Gasteiger partial charge is 0.493 e. The highest BCUT2D eigenvalue weighted by Gasteiger charge is 2.18. The average molecular weight is 275 g/mol. The van der Waals surface area contributed by atoms with Crippen molar-refractivity contribution in [2.75, 3.05) is 26.2 Å². The van der Waals surface area contributed by atoms with Crippen molar-refractivity contribution >= 4 is 11.6 Å². The fourth-order valence-electron chi connectivity index (χ4n) is 2.40. The Labute approximate surface area is 120 Å². The van der Waals surface area contributed by atoms with E-state index in [-0.39, 0.29) is 5.91 Å². The molecule has 0 N–H and O–H groups in total. The molecule has 1 aromatic carbocycles. The number of hydrogen-bond acceptors (Lipinski definition) is 3. The predicted molar refractivity (Wildman–Crippen MR) is 79.4 cm³/mol. The average Bonchev–Trinajstić information content (AvgIpc) is 2.98. The molecule has 0 heterocycles. The number of anilines is 1. The molecule has 1 amide bonds. The lowest BCUT2D eigenvalue weighted by Crippen LogP contribution is -2.27. The van der Waals surface area contributed by atoms with Gasteiger partial charge in [-0.15, -0.1) is 0 Å². The molecule has 1 aliphatic rings. The smallest absolute Gasteiger partial charge is 0.227 e. The number of allylic oxidation sites excluding steroid dienone is 2. The summed E-state index contributed by atoms with van der Waals surface area (Å²) in [5.74, 6) is 1.79. The number of nitrogens with zero attached hydrogens (tertiary/aromatic N) is 1. The Morgan fingerprint density at radius 1 is 1.30 bits per heavy atom. The van der Waals surface area contributed by atoms with Gasteiger partial charge in [-0.3, -0.25) is 4.79 Å². The van der Waals surface area contributed by atoms with Crippen LogP contribution < -0.4 is 14.4 Å². The quantitative estimate of drug-likeness (QED) is 0.775. The molecule has 108 valence electrons. The topological polar surface area (TPSA) is 38.8 Å². The van der Waals surface area contributed by atoms with Crippen LogP contribution in [-0.4, -0.2) is 27.2 Å². The molecule has 1 aliphatic carbocycles. The van der Waals surface area contributed by atoms with Gasteiger partial charge in [0.1, 0.15) is 0 Å². The third kappa shape index (κ3) is 3.13. The first kappa shape index (κ1) is 14.4. The molecule has 4 heteroatoms. The highest BCUT2D eigenvalue weighted by Crippen LogP contribution is 2.31. The molecule has 0 spiro atoms. The third-order valence-electron chi connectivity index (χ3n) is 3.68. The molecular weight excluding hydrogens is 254 g/mol. The van der Waals surface area contributed by atoms with Gasteiger partial charge in [0.2, 0.25) is 5.91 Å². The summed E-state index contributed by atoms with van der Waals surface area (Å²) >= 11 is 0. The van der Waals surface area contributed by atoms with Gasteiger partial charge < -0.3 is 14.4 Å². The summed E-state index contributed by atoms with van der Waals surface area (Å²) < 4.78 is 10.5. The van der Waals surface area contributed by atoms with E-state index in [2.05, 4.69) is 12.2 Å². The Bertz CT molecular complexity index is 510. The SMILES string of the molecule is COc1ccc(N(C)C(=O)CC2C=CCC2)cc1OC. The first-order chi connectivity index (χ1) is 9.65. The molecule has 2 rings (SSSR count). The van der Waals surface area contributed by atoms with E-state index < -0.39 is 0 Å². The lowest BCUT2D eigenvalue weighted by molar-refractivity contribution is -0.118. The Morgan fingerprint density at radius 2 is 2.05 bits per heavy atom. The molecule has 1 aromatic rings. The Balaban J connectivity index is 2.09. The van der Waals surface area contributed by atoms with Gasteiger partial charge in [0, 0.05) is 25.2 Å². The Hall–Kier alpha value is -1.97. The first-order valence-electron chi connectivity index (χ1n) is 6.81. The van der Waals surface area contributed by atoms with Crippen molar-refractivity contribution in [3.8, 4) is 11.5 Å². The van der Waals surface area contributed by atoms with Gasteiger partial charge in [-0.2, -0.15) is 0 Å². The molecule has 0 saturated carbocycles. The Kier molecular flexibility index (Phi) is 4.66. The molecule has 1 unspecified atom stereocenters. The second-order valence-electron chi connectivity index (χ2n) is 4.96. The van der Waals surface area contributed by atoms with Gasteiger partial charge in [-0.05, 0) is 30.9 Å². The summed E-state index contributed by atoms with van der Waals surface area (Å²) in [5, 5.41) is 0. The number of amides is 1. The standard InChI is InChI=1S/C16H21NO3/c1-17(16(18)10-12-6-4-5-7-12)13-8-9-14(19-2)15(11-13)20-3/h4,6,8-9,11-12H,5,7,10H2,1-3H3. The van der Waals surface area contributed by atoms with E-state index in [1.165, 1.54) is 0 Å². The van der Waals surface area contributed by atoms with E-state index >= 15 is 0 Å². The highest BCUT2D eigenvalue weighted by atomic mass is 16.5. The van der Waals surface area contributed by atoms with Crippen molar-refractivity contribution in [3.63, 3.8) is 0 Å². The molecule has 0 fully saturated rings. The summed E-state index contributed by atoms with van der Waals surface area (Å²) in [4.78, 5) is 13.9. The third-order valence-corrected chi connectivity index (χ3v) is 3.68. The van der Waals surface area contributed by atoms with Crippen molar-refractivity contribution < 1.29 is 14.3 Å². The molecular formula is C16H21NO3. The van der Waals surface area contributed by atoms with E-state index in [4.69, 9.17) is 9.47 Å². The van der Waals surface area contributed by atoms with Crippen LogP contribution in [0.2, 0.25) is 0 Å². The van der Waals surface area contributed by atoms with E-state index in [1.54, 1.807) is 26.2 Å². The van der Waals surface area contributed by atoms with Crippen molar-refractivity contribution in [1.82, 2.24) is 0 Å². The van der Waals surface area contributed by atoms with Crippen LogP contribution in [0.3, 0.4) is 0 Å². The van der Waals surface area contributed by atoms with Crippen LogP contribution in [0.1, 0.15) is 19.3 Å². The molecule has 20 heavy (non-hydrogen) atoms. The van der Waals surface area contributed by atoms with Gasteiger partial charge >= 0.3 is 0 Å². The summed E-state index contributed by atoms with van der Waals surface area (Å²) in [7, 11) is 4.98. The minimum Gasteiger partial charge on any atom is -0.493 e. The second-order valence-corrected chi connectivity index (χ2v) is 4.96. The van der Waals surface area contributed by atoms with E-state index in [1.807, 2.05) is 18.2 Å². The summed E-state index contributed by atoms with van der Waals surface area (Å²) in [6.45, 7) is 0. The number of rotatable bonds is 5. The van der Waals surface area contributed by atoms with Crippen LogP contribution in [0.4, 0.5) is 5.69 Å². The second kappa shape index (κ2) is 6.46. The fraction of sp³-hybridized carbons (Fsp3) is 0.438. The summed E-state index contributed by atoms with van der Waals surface area (Å²) in [6.07, 6.45) is 7.00. The fourth-order valence-corrected chi connectivity index (χ4v) is 2.40. The lowest BCUT2D eigenvalue weighted by atomic mass is 10.0. The van der Waals surface area contributed by atoms with Gasteiger partial charge in [0.15, 0.2) is 11.5 Å². The number of hydrogen-bond donors (Lipinski definition) is 0. The molecule has 1 atom stereocenters. The lowest BCUT2D eigenvalue weighted by Gasteiger charge is -2.20. The Morgan fingerprint density at radius 3 is 2.65 bits per heavy atom. The van der Waals surface area contributed by atoms with Crippen LogP contribution >= 0.6 is 0 Å². The van der Waals surface area contributed by atoms with E-state index in [0.29, 0.717) is 23.8 Å². The van der Waals surface area contributed by atoms with Crippen LogP contribution in [0.25, 0.3) is 0 Å². The molecule has 4 nitrogen and oxygen atoms in total. The van der Waals surface area contributed by atoms with E-state index in [9.17, 15) is 4.79 Å². The van der Waals surface area contributed by atoms with Gasteiger partial charge in [-0.1, -0.05) is 12.2 Å². The van der Waals surface area contributed by atoms with Gasteiger partial charge in [-0.25, -0.2) is 0 Å². The number of methoxy groups -OCH3 is 2. The van der Waals surface area contributed by atoms with Crippen molar-refractivity contribution in [1.29, 1.82) is 0 Å². The number of ether oxygens (including phenoxy) is 2. The van der Waals surface area contributed by atoms with Crippen LogP contribution in [-0.2, 0) is 4.79 Å². The predicted octanol–water partition coefficient (Wildman–Crippen LogP) is 3.02. The molecule has 0 bridgehead atoms. The maximum Gasteiger partial charge on any atom is 0.227 e. The molecule has 0 aliphatic heterocycles. The van der Waals surface area contributed by atoms with Gasteiger partial charge in [0.25, 0.3) is 0 Å². The van der Waals surface area contributed by atoms with E-state index in [0.717, 1.165) is 18.5 Å². The minimum atomic E-state index is 0.119. The molecule has 0 radical (unpaired) electrons. The maximum atomic E-state index is 12.3. The number of benzene rings is 1. The van der Waals surface area contributed by atoms with Gasteiger partial charge in [0.05, 0.1) is 14.2 Å². The zero-order valence-electron chi connectivity index (χ0n) is 12.3. The normalized spacial score (nSPS) is 17.1. The van der Waals surface area contributed by atoms with Crippen molar-refractivity contribution in [3.05, 3.63) is 30.4 Å². The summed E-state index contributed by atoms with van der Waals surface area (Å²) in [5.41, 5.74) is 0.814. The summed E-state index contributed by atoms with van der Waals surface area (Å²) in [6, 6.07) is 5.50. The first-order valence-corrected chi connectivity index (χ1v) is 6.81. The zero-order chi connectivity index (χ0) is 14.5. The van der Waals surface area contributed by atoms with Crippen LogP contribution in [0, 0.1) is 5.92 Å². The minimum absolute atomic E-state index is 0.119. The molecule has 0 saturated heterocycles. The number of carbonyl (C=O) groups excluding carboxylic acids is 1. The van der Waals surface area contributed by atoms with Crippen molar-refractivity contribution in [2.24, 2.45) is 5.92 Å². The monoisotopic (exact) mass is 275 g/mol.